The number of carbonyl (C=O) groups excluding carboxylic acids is 1. The van der Waals surface area contributed by atoms with Gasteiger partial charge in [-0.25, -0.2) is 0 Å². The van der Waals surface area contributed by atoms with Gasteiger partial charge in [-0.1, -0.05) is 23.2 Å². The summed E-state index contributed by atoms with van der Waals surface area (Å²) >= 11 is 11.7. The second-order valence-electron chi connectivity index (χ2n) is 4.58. The molecule has 0 aromatic heterocycles. The van der Waals surface area contributed by atoms with Gasteiger partial charge in [0.15, 0.2) is 0 Å². The average molecular weight is 305 g/mol. The Balaban J connectivity index is 2.49. The molecule has 0 aliphatic heterocycles. The van der Waals surface area contributed by atoms with Crippen LogP contribution in [0.15, 0.2) is 18.2 Å². The van der Waals surface area contributed by atoms with Crippen molar-refractivity contribution in [3.63, 3.8) is 0 Å². The van der Waals surface area contributed by atoms with Crippen molar-refractivity contribution in [3.8, 4) is 0 Å². The highest BCUT2D eigenvalue weighted by Crippen LogP contribution is 2.25. The number of hydrogen-bond acceptors (Lipinski definition) is 3. The van der Waals surface area contributed by atoms with E-state index in [0.29, 0.717) is 22.2 Å². The average Bonchev–Trinajstić information content (AvgIpc) is 2.26. The van der Waals surface area contributed by atoms with E-state index in [1.807, 2.05) is 19.0 Å². The van der Waals surface area contributed by atoms with Crippen LogP contribution in [-0.4, -0.2) is 43.1 Å². The summed E-state index contributed by atoms with van der Waals surface area (Å²) in [6.45, 7) is 1.31. The molecule has 6 heteroatoms. The third-order valence-corrected chi connectivity index (χ3v) is 2.97. The first-order valence-electron chi connectivity index (χ1n) is 5.94. The van der Waals surface area contributed by atoms with Gasteiger partial charge in [0.25, 0.3) is 0 Å². The smallest absolute Gasteiger partial charge is 0.223 e. The minimum absolute atomic E-state index is 0.00982. The first-order valence-corrected chi connectivity index (χ1v) is 6.69. The number of likely N-dealkylation sites (N-methyl/N-ethyl adjacent to an activating group) is 1. The summed E-state index contributed by atoms with van der Waals surface area (Å²) in [4.78, 5) is 13.6. The molecule has 0 aliphatic rings. The third kappa shape index (κ3) is 6.25. The van der Waals surface area contributed by atoms with Crippen molar-refractivity contribution >= 4 is 29.1 Å². The summed E-state index contributed by atoms with van der Waals surface area (Å²) in [5, 5.41) is 13.6. The van der Waals surface area contributed by atoms with Crippen molar-refractivity contribution < 1.29 is 9.90 Å². The SMILES string of the molecule is CN(C)CCNC(=O)CC(O)c1cc(Cl)cc(Cl)c1. The van der Waals surface area contributed by atoms with E-state index >= 15 is 0 Å². The molecular weight excluding hydrogens is 287 g/mol. The maximum atomic E-state index is 11.6. The number of nitrogens with zero attached hydrogens (tertiary/aromatic N) is 1. The summed E-state index contributed by atoms with van der Waals surface area (Å²) in [5.74, 6) is -0.203. The summed E-state index contributed by atoms with van der Waals surface area (Å²) in [6, 6.07) is 4.78. The summed E-state index contributed by atoms with van der Waals surface area (Å²) < 4.78 is 0. The van der Waals surface area contributed by atoms with Crippen molar-refractivity contribution in [2.45, 2.75) is 12.5 Å². The molecule has 0 aliphatic carbocycles. The van der Waals surface area contributed by atoms with E-state index in [2.05, 4.69) is 5.32 Å². The molecule has 1 amide bonds. The molecule has 0 saturated heterocycles. The van der Waals surface area contributed by atoms with Crippen molar-refractivity contribution in [1.82, 2.24) is 10.2 Å². The number of nitrogens with one attached hydrogen (secondary N) is 1. The second-order valence-corrected chi connectivity index (χ2v) is 5.45. The molecule has 0 fully saturated rings. The van der Waals surface area contributed by atoms with Crippen LogP contribution in [0.25, 0.3) is 0 Å². The van der Waals surface area contributed by atoms with Gasteiger partial charge in [-0.2, -0.15) is 0 Å². The Hall–Kier alpha value is -0.810. The first kappa shape index (κ1) is 16.2. The number of carbonyl (C=O) groups is 1. The molecule has 0 radical (unpaired) electrons. The monoisotopic (exact) mass is 304 g/mol. The predicted octanol–water partition coefficient (Wildman–Crippen LogP) is 2.09. The minimum Gasteiger partial charge on any atom is -0.388 e. The van der Waals surface area contributed by atoms with Gasteiger partial charge in [0.05, 0.1) is 12.5 Å². The predicted molar refractivity (Wildman–Crippen MR) is 77.6 cm³/mol. The Morgan fingerprint density at radius 2 is 1.89 bits per heavy atom. The number of aliphatic hydroxyl groups excluding tert-OH is 1. The molecule has 0 bridgehead atoms. The Kier molecular flexibility index (Phi) is 6.58. The van der Waals surface area contributed by atoms with Crippen molar-refractivity contribution in [1.29, 1.82) is 0 Å². The highest BCUT2D eigenvalue weighted by molar-refractivity contribution is 6.34. The van der Waals surface area contributed by atoms with Crippen LogP contribution >= 0.6 is 23.2 Å². The van der Waals surface area contributed by atoms with E-state index in [-0.39, 0.29) is 12.3 Å². The Morgan fingerprint density at radius 1 is 1.32 bits per heavy atom. The Bertz CT molecular complexity index is 418. The number of halogens is 2. The van der Waals surface area contributed by atoms with Crippen LogP contribution in [0.5, 0.6) is 0 Å². The van der Waals surface area contributed by atoms with E-state index in [1.165, 1.54) is 0 Å². The van der Waals surface area contributed by atoms with E-state index in [0.717, 1.165) is 6.54 Å². The van der Waals surface area contributed by atoms with Gasteiger partial charge in [-0.3, -0.25) is 4.79 Å². The van der Waals surface area contributed by atoms with E-state index in [9.17, 15) is 9.90 Å². The summed E-state index contributed by atoms with van der Waals surface area (Å²) in [5.41, 5.74) is 0.542. The molecule has 19 heavy (non-hydrogen) atoms. The summed E-state index contributed by atoms with van der Waals surface area (Å²) in [7, 11) is 3.85. The molecule has 1 rings (SSSR count). The quantitative estimate of drug-likeness (QED) is 0.846. The fourth-order valence-corrected chi connectivity index (χ4v) is 2.10. The lowest BCUT2D eigenvalue weighted by molar-refractivity contribution is -0.123. The van der Waals surface area contributed by atoms with Gasteiger partial charge in [0.1, 0.15) is 0 Å². The number of amides is 1. The second kappa shape index (κ2) is 7.70. The maximum Gasteiger partial charge on any atom is 0.223 e. The van der Waals surface area contributed by atoms with Gasteiger partial charge in [0.2, 0.25) is 5.91 Å². The zero-order valence-electron chi connectivity index (χ0n) is 11.0. The van der Waals surface area contributed by atoms with Crippen LogP contribution in [0.2, 0.25) is 10.0 Å². The van der Waals surface area contributed by atoms with Crippen LogP contribution in [0.1, 0.15) is 18.1 Å². The zero-order valence-corrected chi connectivity index (χ0v) is 12.5. The number of aliphatic hydroxyl groups is 1. The Labute approximate surface area is 123 Å². The molecular formula is C13H18Cl2N2O2. The normalized spacial score (nSPS) is 12.5. The zero-order chi connectivity index (χ0) is 14.4. The molecule has 2 N–H and O–H groups in total. The lowest BCUT2D eigenvalue weighted by Crippen LogP contribution is -2.32. The fraction of sp³-hybridized carbons (Fsp3) is 0.462. The molecule has 1 unspecified atom stereocenters. The van der Waals surface area contributed by atoms with Crippen molar-refractivity contribution in [2.75, 3.05) is 27.2 Å². The summed E-state index contributed by atoms with van der Waals surface area (Å²) in [6.07, 6.45) is -0.917. The number of benzene rings is 1. The van der Waals surface area contributed by atoms with Crippen LogP contribution in [0.4, 0.5) is 0 Å². The van der Waals surface area contributed by atoms with Crippen LogP contribution < -0.4 is 5.32 Å². The van der Waals surface area contributed by atoms with Gasteiger partial charge in [-0.05, 0) is 37.9 Å². The van der Waals surface area contributed by atoms with Gasteiger partial charge in [0, 0.05) is 23.1 Å². The highest BCUT2D eigenvalue weighted by atomic mass is 35.5. The highest BCUT2D eigenvalue weighted by Gasteiger charge is 2.14. The molecule has 1 atom stereocenters. The maximum absolute atomic E-state index is 11.6. The van der Waals surface area contributed by atoms with Crippen molar-refractivity contribution in [3.05, 3.63) is 33.8 Å². The van der Waals surface area contributed by atoms with E-state index < -0.39 is 6.10 Å². The molecule has 0 heterocycles. The van der Waals surface area contributed by atoms with E-state index in [1.54, 1.807) is 18.2 Å². The first-order chi connectivity index (χ1) is 8.88. The van der Waals surface area contributed by atoms with Crippen LogP contribution in [0, 0.1) is 0 Å². The largest absolute Gasteiger partial charge is 0.388 e. The van der Waals surface area contributed by atoms with Crippen molar-refractivity contribution in [2.24, 2.45) is 0 Å². The van der Waals surface area contributed by atoms with E-state index in [4.69, 9.17) is 23.2 Å². The Morgan fingerprint density at radius 3 is 2.42 bits per heavy atom. The van der Waals surface area contributed by atoms with Gasteiger partial charge < -0.3 is 15.3 Å². The molecule has 1 aromatic carbocycles. The van der Waals surface area contributed by atoms with Crippen LogP contribution in [-0.2, 0) is 4.79 Å². The number of hydrogen-bond donors (Lipinski definition) is 2. The molecule has 0 spiro atoms. The van der Waals surface area contributed by atoms with Crippen LogP contribution in [0.3, 0.4) is 0 Å². The topological polar surface area (TPSA) is 52.6 Å². The lowest BCUT2D eigenvalue weighted by atomic mass is 10.1. The van der Waals surface area contributed by atoms with Gasteiger partial charge >= 0.3 is 0 Å². The fourth-order valence-electron chi connectivity index (χ4n) is 1.55. The lowest BCUT2D eigenvalue weighted by Gasteiger charge is -2.13. The molecule has 106 valence electrons. The number of rotatable bonds is 6. The minimum atomic E-state index is -0.907. The molecule has 1 aromatic rings. The van der Waals surface area contributed by atoms with Gasteiger partial charge in [-0.15, -0.1) is 0 Å². The standard InChI is InChI=1S/C13H18Cl2N2O2/c1-17(2)4-3-16-13(19)8-12(18)9-5-10(14)7-11(15)6-9/h5-7,12,18H,3-4,8H2,1-2H3,(H,16,19). The molecule has 4 nitrogen and oxygen atoms in total. The third-order valence-electron chi connectivity index (χ3n) is 2.53. The molecule has 0 saturated carbocycles.